The van der Waals surface area contributed by atoms with Gasteiger partial charge >= 0.3 is 5.97 Å². The molecular formula is C20H26N2O7. The van der Waals surface area contributed by atoms with E-state index in [2.05, 4.69) is 10.2 Å². The summed E-state index contributed by atoms with van der Waals surface area (Å²) in [4.78, 5) is 25.5. The summed E-state index contributed by atoms with van der Waals surface area (Å²) in [6, 6.07) is 5.15. The van der Waals surface area contributed by atoms with E-state index >= 15 is 0 Å². The third kappa shape index (κ3) is 3.88. The van der Waals surface area contributed by atoms with Crippen molar-refractivity contribution in [1.82, 2.24) is 10.2 Å². The van der Waals surface area contributed by atoms with Gasteiger partial charge in [-0.3, -0.25) is 14.7 Å². The molecule has 1 aliphatic rings. The van der Waals surface area contributed by atoms with E-state index in [-0.39, 0.29) is 25.2 Å². The summed E-state index contributed by atoms with van der Waals surface area (Å²) in [6.45, 7) is 1.85. The van der Waals surface area contributed by atoms with Gasteiger partial charge in [0.25, 0.3) is 5.56 Å². The molecule has 0 fully saturated rings. The molecule has 29 heavy (non-hydrogen) atoms. The Morgan fingerprint density at radius 3 is 2.55 bits per heavy atom. The molecule has 1 aromatic carbocycles. The first-order chi connectivity index (χ1) is 13.8. The number of aliphatic hydroxyl groups is 1. The number of nitrogens with one attached hydrogen (secondary N) is 2. The van der Waals surface area contributed by atoms with E-state index < -0.39 is 23.4 Å². The van der Waals surface area contributed by atoms with Crippen LogP contribution in [0, 0.1) is 5.92 Å². The van der Waals surface area contributed by atoms with E-state index in [9.17, 15) is 14.7 Å². The fourth-order valence-electron chi connectivity index (χ4n) is 3.98. The van der Waals surface area contributed by atoms with Crippen LogP contribution in [0.3, 0.4) is 0 Å². The molecule has 0 amide bonds. The van der Waals surface area contributed by atoms with Crippen molar-refractivity contribution in [3.63, 3.8) is 0 Å². The van der Waals surface area contributed by atoms with Crippen molar-refractivity contribution < 1.29 is 28.8 Å². The number of carbonyl (C=O) groups excluding carboxylic acids is 1. The van der Waals surface area contributed by atoms with Crippen LogP contribution < -0.4 is 15.0 Å². The summed E-state index contributed by atoms with van der Waals surface area (Å²) >= 11 is 0. The molecule has 9 nitrogen and oxygen atoms in total. The lowest BCUT2D eigenvalue weighted by molar-refractivity contribution is -0.161. The van der Waals surface area contributed by atoms with Gasteiger partial charge in [-0.1, -0.05) is 6.07 Å². The van der Waals surface area contributed by atoms with E-state index in [1.807, 2.05) is 0 Å². The molecule has 3 N–H and O–H groups in total. The second-order valence-corrected chi connectivity index (χ2v) is 7.24. The van der Waals surface area contributed by atoms with Crippen molar-refractivity contribution in [3.8, 4) is 11.5 Å². The van der Waals surface area contributed by atoms with E-state index in [1.165, 1.54) is 21.3 Å². The minimum atomic E-state index is -1.44. The van der Waals surface area contributed by atoms with Crippen LogP contribution in [0.2, 0.25) is 0 Å². The van der Waals surface area contributed by atoms with Crippen LogP contribution >= 0.6 is 0 Å². The molecule has 1 aliphatic carbocycles. The van der Waals surface area contributed by atoms with Crippen LogP contribution in [0.25, 0.3) is 0 Å². The number of hydrogen-bond donors (Lipinski definition) is 3. The van der Waals surface area contributed by atoms with Crippen molar-refractivity contribution >= 4 is 5.97 Å². The Bertz CT molecular complexity index is 931. The molecule has 0 saturated heterocycles. The molecule has 0 spiro atoms. The Hall–Kier alpha value is -2.78. The fourth-order valence-corrected chi connectivity index (χ4v) is 3.98. The summed E-state index contributed by atoms with van der Waals surface area (Å²) in [5, 5.41) is 16.5. The SMILES string of the molecule is COCCOC(=O)C1C(c2ccc(OC)c(OC)c2)c2c([nH][nH]c2=O)CC1(C)O. The predicted molar refractivity (Wildman–Crippen MR) is 103 cm³/mol. The molecule has 158 valence electrons. The lowest BCUT2D eigenvalue weighted by atomic mass is 9.66. The number of fused-ring (bicyclic) bond motifs is 1. The monoisotopic (exact) mass is 406 g/mol. The molecular weight excluding hydrogens is 380 g/mol. The van der Waals surface area contributed by atoms with E-state index in [1.54, 1.807) is 25.1 Å². The average molecular weight is 406 g/mol. The highest BCUT2D eigenvalue weighted by Gasteiger charge is 2.51. The molecule has 9 heteroatoms. The minimum Gasteiger partial charge on any atom is -0.493 e. The highest BCUT2D eigenvalue weighted by molar-refractivity contribution is 5.77. The van der Waals surface area contributed by atoms with Crippen LogP contribution in [0.1, 0.15) is 29.7 Å². The van der Waals surface area contributed by atoms with E-state index in [0.29, 0.717) is 28.3 Å². The van der Waals surface area contributed by atoms with Crippen molar-refractivity contribution in [2.24, 2.45) is 5.92 Å². The Morgan fingerprint density at radius 2 is 1.90 bits per heavy atom. The predicted octanol–water partition coefficient (Wildman–Crippen LogP) is 0.965. The smallest absolute Gasteiger partial charge is 0.312 e. The van der Waals surface area contributed by atoms with E-state index in [4.69, 9.17) is 18.9 Å². The number of aromatic nitrogens is 2. The molecule has 2 aromatic rings. The lowest BCUT2D eigenvalue weighted by Gasteiger charge is -2.40. The number of H-pyrrole nitrogens is 2. The van der Waals surface area contributed by atoms with Crippen LogP contribution in [0.15, 0.2) is 23.0 Å². The largest absolute Gasteiger partial charge is 0.493 e. The third-order valence-electron chi connectivity index (χ3n) is 5.30. The van der Waals surface area contributed by atoms with Gasteiger partial charge < -0.3 is 29.2 Å². The highest BCUT2D eigenvalue weighted by atomic mass is 16.6. The normalized spacial score (nSPS) is 23.3. The highest BCUT2D eigenvalue weighted by Crippen LogP contribution is 2.46. The third-order valence-corrected chi connectivity index (χ3v) is 5.30. The standard InChI is InChI=1S/C20H26N2O7/c1-20(25)10-12-16(18(23)22-21-12)15(17(20)19(24)29-8-7-26-2)11-5-6-13(27-3)14(9-11)28-4/h5-6,9,15,17,25H,7-8,10H2,1-4H3,(H2,21,22,23). The van der Waals surface area contributed by atoms with Gasteiger partial charge in [0, 0.05) is 30.7 Å². The van der Waals surface area contributed by atoms with Crippen LogP contribution in [-0.2, 0) is 20.7 Å². The van der Waals surface area contributed by atoms with Crippen molar-refractivity contribution in [1.29, 1.82) is 0 Å². The molecule has 1 heterocycles. The summed E-state index contributed by atoms with van der Waals surface area (Å²) in [6.07, 6.45) is 0.106. The van der Waals surface area contributed by atoms with Gasteiger partial charge in [0.15, 0.2) is 11.5 Å². The zero-order chi connectivity index (χ0) is 21.2. The van der Waals surface area contributed by atoms with Crippen LogP contribution in [0.5, 0.6) is 11.5 Å². The second-order valence-electron chi connectivity index (χ2n) is 7.24. The first-order valence-corrected chi connectivity index (χ1v) is 9.23. The Morgan fingerprint density at radius 1 is 1.17 bits per heavy atom. The number of esters is 1. The van der Waals surface area contributed by atoms with Gasteiger partial charge in [-0.15, -0.1) is 0 Å². The number of hydrogen-bond acceptors (Lipinski definition) is 7. The summed E-state index contributed by atoms with van der Waals surface area (Å²) in [5.41, 5.74) is -0.203. The molecule has 0 bridgehead atoms. The first kappa shape index (κ1) is 20.9. The Labute approximate surface area is 167 Å². The first-order valence-electron chi connectivity index (χ1n) is 9.23. The molecule has 1 aromatic heterocycles. The number of aromatic amines is 2. The summed E-state index contributed by atoms with van der Waals surface area (Å²) in [7, 11) is 4.53. The van der Waals surface area contributed by atoms with Crippen molar-refractivity contribution in [2.45, 2.75) is 24.9 Å². The molecule has 3 unspecified atom stereocenters. The van der Waals surface area contributed by atoms with Gasteiger partial charge in [-0.25, -0.2) is 0 Å². The number of carbonyl (C=O) groups is 1. The fraction of sp³-hybridized carbons (Fsp3) is 0.500. The molecule has 3 rings (SSSR count). The van der Waals surface area contributed by atoms with E-state index in [0.717, 1.165) is 0 Å². The molecule has 0 radical (unpaired) electrons. The number of ether oxygens (including phenoxy) is 4. The maximum atomic E-state index is 13.0. The van der Waals surface area contributed by atoms with Crippen molar-refractivity contribution in [3.05, 3.63) is 45.4 Å². The number of rotatable bonds is 7. The van der Waals surface area contributed by atoms with Crippen molar-refractivity contribution in [2.75, 3.05) is 34.5 Å². The van der Waals surface area contributed by atoms with Gasteiger partial charge in [-0.05, 0) is 24.6 Å². The van der Waals surface area contributed by atoms with Gasteiger partial charge in [0.1, 0.15) is 6.61 Å². The van der Waals surface area contributed by atoms with Gasteiger partial charge in [0.2, 0.25) is 0 Å². The topological polar surface area (TPSA) is 123 Å². The second kappa shape index (κ2) is 8.30. The van der Waals surface area contributed by atoms with Gasteiger partial charge in [0.05, 0.1) is 32.3 Å². The Kier molecular flexibility index (Phi) is 5.99. The average Bonchev–Trinajstić information content (AvgIpc) is 3.05. The zero-order valence-corrected chi connectivity index (χ0v) is 16.9. The molecule has 0 saturated carbocycles. The summed E-state index contributed by atoms with van der Waals surface area (Å²) < 4.78 is 20.9. The van der Waals surface area contributed by atoms with Crippen LogP contribution in [-0.4, -0.2) is 61.4 Å². The lowest BCUT2D eigenvalue weighted by Crippen LogP contribution is -2.50. The van der Waals surface area contributed by atoms with Gasteiger partial charge in [-0.2, -0.15) is 0 Å². The minimum absolute atomic E-state index is 0.0525. The summed E-state index contributed by atoms with van der Waals surface area (Å²) in [5.74, 6) is -1.37. The molecule has 3 atom stereocenters. The maximum Gasteiger partial charge on any atom is 0.312 e. The Balaban J connectivity index is 2.13. The quantitative estimate of drug-likeness (QED) is 0.462. The number of methoxy groups -OCH3 is 3. The molecule has 0 aliphatic heterocycles. The maximum absolute atomic E-state index is 13.0. The van der Waals surface area contributed by atoms with Crippen LogP contribution in [0.4, 0.5) is 0 Å². The number of benzene rings is 1. The zero-order valence-electron chi connectivity index (χ0n) is 16.9.